The fraction of sp³-hybridized carbons (Fsp3) is 0.318. The molecule has 0 spiro atoms. The molecule has 0 aromatic heterocycles. The number of anilines is 1. The molecule has 1 aliphatic rings. The van der Waals surface area contributed by atoms with Crippen molar-refractivity contribution in [3.05, 3.63) is 65.5 Å². The van der Waals surface area contributed by atoms with Gasteiger partial charge < -0.3 is 10.1 Å². The topological polar surface area (TPSA) is 79.2 Å². The summed E-state index contributed by atoms with van der Waals surface area (Å²) in [6.07, 6.45) is 1.47. The minimum absolute atomic E-state index is 0.313. The van der Waals surface area contributed by atoms with Gasteiger partial charge in [0.1, 0.15) is 11.9 Å². The fourth-order valence-electron chi connectivity index (χ4n) is 3.66. The summed E-state index contributed by atoms with van der Waals surface area (Å²) < 4.78 is 19.8. The van der Waals surface area contributed by atoms with E-state index in [0.29, 0.717) is 29.7 Å². The Labute approximate surface area is 163 Å². The predicted octanol–water partition coefficient (Wildman–Crippen LogP) is 4.08. The van der Waals surface area contributed by atoms with Gasteiger partial charge in [-0.15, -0.1) is 0 Å². The van der Waals surface area contributed by atoms with Crippen LogP contribution in [0.25, 0.3) is 0 Å². The SMILES string of the molecule is C[C@@H](OC(=O)C1(c2ccccc2F)CCCC1)C(=O)Nc1ccccc1C#N. The maximum Gasteiger partial charge on any atom is 0.317 e. The van der Waals surface area contributed by atoms with Gasteiger partial charge in [-0.1, -0.05) is 43.2 Å². The lowest BCUT2D eigenvalue weighted by molar-refractivity contribution is -0.159. The molecule has 0 unspecified atom stereocenters. The molecule has 5 nitrogen and oxygen atoms in total. The summed E-state index contributed by atoms with van der Waals surface area (Å²) in [5, 5.41) is 11.7. The zero-order valence-electron chi connectivity index (χ0n) is 15.6. The lowest BCUT2D eigenvalue weighted by Crippen LogP contribution is -2.40. The molecule has 2 aromatic carbocycles. The van der Waals surface area contributed by atoms with E-state index in [2.05, 4.69) is 5.32 Å². The molecule has 1 atom stereocenters. The second-order valence-electron chi connectivity index (χ2n) is 6.96. The highest BCUT2D eigenvalue weighted by molar-refractivity contribution is 5.97. The number of ether oxygens (including phenoxy) is 1. The second-order valence-corrected chi connectivity index (χ2v) is 6.96. The number of amides is 1. The Morgan fingerprint density at radius 3 is 2.46 bits per heavy atom. The van der Waals surface area contributed by atoms with Crippen LogP contribution >= 0.6 is 0 Å². The summed E-state index contributed by atoms with van der Waals surface area (Å²) in [6, 6.07) is 14.8. The fourth-order valence-corrected chi connectivity index (χ4v) is 3.66. The average Bonchev–Trinajstić information content (AvgIpc) is 3.19. The van der Waals surface area contributed by atoms with Crippen molar-refractivity contribution in [2.45, 2.75) is 44.1 Å². The summed E-state index contributed by atoms with van der Waals surface area (Å²) in [6.45, 7) is 1.46. The molecular weight excluding hydrogens is 359 g/mol. The van der Waals surface area contributed by atoms with Crippen LogP contribution in [0.2, 0.25) is 0 Å². The molecule has 0 aliphatic heterocycles. The predicted molar refractivity (Wildman–Crippen MR) is 102 cm³/mol. The van der Waals surface area contributed by atoms with Crippen LogP contribution in [-0.2, 0) is 19.7 Å². The normalized spacial score (nSPS) is 16.0. The van der Waals surface area contributed by atoms with Gasteiger partial charge in [-0.05, 0) is 38.0 Å². The van der Waals surface area contributed by atoms with Crippen LogP contribution in [-0.4, -0.2) is 18.0 Å². The van der Waals surface area contributed by atoms with Crippen LogP contribution in [0.4, 0.5) is 10.1 Å². The van der Waals surface area contributed by atoms with Gasteiger partial charge in [0, 0.05) is 5.56 Å². The maximum absolute atomic E-state index is 14.4. The van der Waals surface area contributed by atoms with Crippen molar-refractivity contribution in [2.24, 2.45) is 0 Å². The first-order valence-corrected chi connectivity index (χ1v) is 9.24. The number of esters is 1. The smallest absolute Gasteiger partial charge is 0.317 e. The number of hydrogen-bond donors (Lipinski definition) is 1. The number of nitrogens with one attached hydrogen (secondary N) is 1. The van der Waals surface area contributed by atoms with Gasteiger partial charge in [-0.2, -0.15) is 5.26 Å². The first-order valence-electron chi connectivity index (χ1n) is 9.24. The monoisotopic (exact) mass is 380 g/mol. The first kappa shape index (κ1) is 19.6. The largest absolute Gasteiger partial charge is 0.452 e. The number of hydrogen-bond acceptors (Lipinski definition) is 4. The molecule has 0 saturated heterocycles. The van der Waals surface area contributed by atoms with Crippen LogP contribution in [0.15, 0.2) is 48.5 Å². The Bertz CT molecular complexity index is 929. The van der Waals surface area contributed by atoms with E-state index in [9.17, 15) is 14.0 Å². The van der Waals surface area contributed by atoms with Crippen molar-refractivity contribution in [3.63, 3.8) is 0 Å². The van der Waals surface area contributed by atoms with Gasteiger partial charge in [0.25, 0.3) is 5.91 Å². The number of carbonyl (C=O) groups is 2. The number of para-hydroxylation sites is 1. The zero-order chi connectivity index (χ0) is 20.1. The van der Waals surface area contributed by atoms with E-state index >= 15 is 0 Å². The van der Waals surface area contributed by atoms with Crippen LogP contribution in [0.5, 0.6) is 0 Å². The average molecular weight is 380 g/mol. The van der Waals surface area contributed by atoms with Gasteiger partial charge in [-0.3, -0.25) is 9.59 Å². The number of nitrogens with zero attached hydrogens (tertiary/aromatic N) is 1. The molecule has 0 heterocycles. The van der Waals surface area contributed by atoms with E-state index in [0.717, 1.165) is 12.8 Å². The molecule has 1 fully saturated rings. The number of halogens is 1. The number of nitriles is 1. The Balaban J connectivity index is 1.76. The zero-order valence-corrected chi connectivity index (χ0v) is 15.6. The molecule has 144 valence electrons. The van der Waals surface area contributed by atoms with Gasteiger partial charge in [0.2, 0.25) is 0 Å². The third-order valence-electron chi connectivity index (χ3n) is 5.20. The van der Waals surface area contributed by atoms with E-state index in [1.807, 2.05) is 6.07 Å². The first-order chi connectivity index (χ1) is 13.5. The van der Waals surface area contributed by atoms with Gasteiger partial charge in [0.05, 0.1) is 16.7 Å². The Hall–Kier alpha value is -3.20. The lowest BCUT2D eigenvalue weighted by atomic mass is 9.78. The van der Waals surface area contributed by atoms with E-state index in [4.69, 9.17) is 10.00 Å². The summed E-state index contributed by atoms with van der Waals surface area (Å²) in [5.41, 5.74) is -0.0831. The summed E-state index contributed by atoms with van der Waals surface area (Å²) in [5.74, 6) is -1.58. The van der Waals surface area contributed by atoms with Crippen molar-refractivity contribution in [3.8, 4) is 6.07 Å². The maximum atomic E-state index is 14.4. The Morgan fingerprint density at radius 2 is 1.79 bits per heavy atom. The molecule has 1 saturated carbocycles. The molecule has 1 N–H and O–H groups in total. The third kappa shape index (κ3) is 3.74. The van der Waals surface area contributed by atoms with Crippen LogP contribution in [0.1, 0.15) is 43.7 Å². The number of rotatable bonds is 5. The molecule has 1 aliphatic carbocycles. The molecule has 2 aromatic rings. The van der Waals surface area contributed by atoms with Gasteiger partial charge in [-0.25, -0.2) is 4.39 Å². The number of carbonyl (C=O) groups excluding carboxylic acids is 2. The molecule has 3 rings (SSSR count). The molecule has 6 heteroatoms. The van der Waals surface area contributed by atoms with Crippen molar-refractivity contribution >= 4 is 17.6 Å². The minimum Gasteiger partial charge on any atom is -0.452 e. The molecule has 28 heavy (non-hydrogen) atoms. The molecule has 0 radical (unpaired) electrons. The van der Waals surface area contributed by atoms with E-state index in [-0.39, 0.29) is 0 Å². The highest BCUT2D eigenvalue weighted by Gasteiger charge is 2.46. The summed E-state index contributed by atoms with van der Waals surface area (Å²) in [4.78, 5) is 25.5. The van der Waals surface area contributed by atoms with Crippen molar-refractivity contribution in [1.29, 1.82) is 5.26 Å². The van der Waals surface area contributed by atoms with Crippen LogP contribution in [0.3, 0.4) is 0 Å². The Kier molecular flexibility index (Phi) is 5.74. The van der Waals surface area contributed by atoms with Gasteiger partial charge >= 0.3 is 5.97 Å². The van der Waals surface area contributed by atoms with Gasteiger partial charge in [0.15, 0.2) is 6.10 Å². The highest BCUT2D eigenvalue weighted by atomic mass is 19.1. The lowest BCUT2D eigenvalue weighted by Gasteiger charge is -2.29. The van der Waals surface area contributed by atoms with Crippen molar-refractivity contribution < 1.29 is 18.7 Å². The quantitative estimate of drug-likeness (QED) is 0.793. The van der Waals surface area contributed by atoms with Crippen LogP contribution in [0, 0.1) is 17.1 Å². The van der Waals surface area contributed by atoms with E-state index in [1.54, 1.807) is 42.5 Å². The summed E-state index contributed by atoms with van der Waals surface area (Å²) >= 11 is 0. The highest BCUT2D eigenvalue weighted by Crippen LogP contribution is 2.43. The molecule has 0 bridgehead atoms. The standard InChI is InChI=1S/C22H21FN2O3/c1-15(20(26)25-19-11-5-2-8-16(19)14-24)28-21(27)22(12-6-7-13-22)17-9-3-4-10-18(17)23/h2-5,8-11,15H,6-7,12-13H2,1H3,(H,25,26)/t15-/m1/s1. The second kappa shape index (κ2) is 8.22. The van der Waals surface area contributed by atoms with Crippen molar-refractivity contribution in [1.82, 2.24) is 0 Å². The van der Waals surface area contributed by atoms with Crippen molar-refractivity contribution in [2.75, 3.05) is 5.32 Å². The van der Waals surface area contributed by atoms with E-state index in [1.165, 1.54) is 13.0 Å². The number of benzene rings is 2. The molecule has 1 amide bonds. The van der Waals surface area contributed by atoms with Crippen LogP contribution < -0.4 is 5.32 Å². The summed E-state index contributed by atoms with van der Waals surface area (Å²) in [7, 11) is 0. The molecular formula is C22H21FN2O3. The van der Waals surface area contributed by atoms with E-state index < -0.39 is 29.2 Å². The minimum atomic E-state index is -1.08. The Morgan fingerprint density at radius 1 is 1.14 bits per heavy atom. The third-order valence-corrected chi connectivity index (χ3v) is 5.20.